The van der Waals surface area contributed by atoms with Crippen LogP contribution < -0.4 is 0 Å². The molecular weight excluding hydrogens is 496 g/mol. The molecule has 0 fully saturated rings. The monoisotopic (exact) mass is 556 g/mol. The largest absolute Gasteiger partial charge is 0.374 e. The summed E-state index contributed by atoms with van der Waals surface area (Å²) in [6.07, 6.45) is 0. The number of hydrogen-bond acceptors (Lipinski definition) is 4. The van der Waals surface area contributed by atoms with E-state index >= 15 is 0 Å². The summed E-state index contributed by atoms with van der Waals surface area (Å²) in [6.45, 7) is 30.2. The lowest BCUT2D eigenvalue weighted by Gasteiger charge is -2.31. The minimum absolute atomic E-state index is 0.0956. The molecule has 0 heterocycles. The maximum atomic E-state index is 5.65. The topological polar surface area (TPSA) is 36.9 Å². The zero-order chi connectivity index (χ0) is 31.5. The van der Waals surface area contributed by atoms with Crippen LogP contribution in [0.1, 0.15) is 130 Å². The summed E-state index contributed by atoms with van der Waals surface area (Å²) in [7, 11) is 7.02. The Kier molecular flexibility index (Phi) is 11.5. The Labute approximate surface area is 247 Å². The second-order valence-electron chi connectivity index (χ2n) is 15.0. The number of hydrogen-bond donors (Lipinski definition) is 0. The summed E-state index contributed by atoms with van der Waals surface area (Å²) in [4.78, 5) is 0. The van der Waals surface area contributed by atoms with Crippen LogP contribution in [0.4, 0.5) is 0 Å². The molecule has 0 radical (unpaired) electrons. The van der Waals surface area contributed by atoms with Gasteiger partial charge in [-0.25, -0.2) is 0 Å². The van der Waals surface area contributed by atoms with Gasteiger partial charge in [0.15, 0.2) is 0 Å². The van der Waals surface area contributed by atoms with Gasteiger partial charge in [0.2, 0.25) is 0 Å². The molecule has 40 heavy (non-hydrogen) atoms. The lowest BCUT2D eigenvalue weighted by molar-refractivity contribution is 0.0128. The summed E-state index contributed by atoms with van der Waals surface area (Å²) in [5, 5.41) is 0. The molecule has 4 heteroatoms. The third kappa shape index (κ3) is 9.14. The maximum Gasteiger partial charge on any atom is 0.0871 e. The minimum atomic E-state index is -0.306. The summed E-state index contributed by atoms with van der Waals surface area (Å²) >= 11 is 0. The first kappa shape index (κ1) is 36.3. The maximum absolute atomic E-state index is 5.65. The molecule has 0 atom stereocenters. The van der Waals surface area contributed by atoms with Gasteiger partial charge in [0.1, 0.15) is 0 Å². The van der Waals surface area contributed by atoms with Gasteiger partial charge < -0.3 is 18.9 Å². The average molecular weight is 557 g/mol. The van der Waals surface area contributed by atoms with Crippen molar-refractivity contribution in [2.75, 3.05) is 28.4 Å². The Morgan fingerprint density at radius 2 is 0.450 bits per heavy atom. The van der Waals surface area contributed by atoms with Crippen molar-refractivity contribution < 1.29 is 18.9 Å². The zero-order valence-corrected chi connectivity index (χ0v) is 29.1. The summed E-state index contributed by atoms with van der Waals surface area (Å²) in [5.74, 6) is 0. The highest BCUT2D eigenvalue weighted by atomic mass is 16.5. The van der Waals surface area contributed by atoms with Gasteiger partial charge in [-0.3, -0.25) is 0 Å². The number of methoxy groups -OCH3 is 4. The molecule has 0 aromatic heterocycles. The van der Waals surface area contributed by atoms with Gasteiger partial charge in [0, 0.05) is 28.4 Å². The van der Waals surface area contributed by atoms with Gasteiger partial charge in [-0.05, 0) is 99.6 Å². The second-order valence-corrected chi connectivity index (χ2v) is 15.0. The van der Waals surface area contributed by atoms with Crippen molar-refractivity contribution in [1.29, 1.82) is 0 Å². The Balaban J connectivity index is 0.000000400. The van der Waals surface area contributed by atoms with E-state index in [9.17, 15) is 0 Å². The number of rotatable bonds is 8. The first-order chi connectivity index (χ1) is 17.9. The molecule has 2 aromatic rings. The molecule has 0 bridgehead atoms. The van der Waals surface area contributed by atoms with E-state index in [0.717, 1.165) is 0 Å². The summed E-state index contributed by atoms with van der Waals surface area (Å²) in [6, 6.07) is 13.4. The van der Waals surface area contributed by atoms with Crippen LogP contribution in [-0.2, 0) is 52.2 Å². The van der Waals surface area contributed by atoms with E-state index in [1.165, 1.54) is 33.4 Å². The van der Waals surface area contributed by atoms with Gasteiger partial charge in [-0.15, -0.1) is 0 Å². The molecule has 4 nitrogen and oxygen atoms in total. The van der Waals surface area contributed by atoms with Crippen LogP contribution in [-0.4, -0.2) is 28.4 Å². The molecule has 0 aliphatic heterocycles. The van der Waals surface area contributed by atoms with E-state index in [-0.39, 0.29) is 33.2 Å². The highest BCUT2D eigenvalue weighted by Gasteiger charge is 2.29. The highest BCUT2D eigenvalue weighted by Crippen LogP contribution is 2.36. The molecule has 0 amide bonds. The SMILES string of the molecule is COC(C)(C)c1cc(C(C)(C)C)cc(C(C)(C)OC)c1.COC(C)(C)c1cc(C(C)(C)C)cc(C(C)(C)OC)c1. The molecule has 228 valence electrons. The van der Waals surface area contributed by atoms with Gasteiger partial charge >= 0.3 is 0 Å². The second kappa shape index (κ2) is 12.7. The molecule has 2 rings (SSSR count). The van der Waals surface area contributed by atoms with Crippen LogP contribution in [0.5, 0.6) is 0 Å². The molecule has 0 unspecified atom stereocenters. The van der Waals surface area contributed by atoms with Crippen LogP contribution in [0.2, 0.25) is 0 Å². The fourth-order valence-corrected chi connectivity index (χ4v) is 3.98. The first-order valence-electron chi connectivity index (χ1n) is 14.4. The Morgan fingerprint density at radius 3 is 0.575 bits per heavy atom. The predicted octanol–water partition coefficient (Wildman–Crippen LogP) is 9.49. The molecule has 0 aliphatic rings. The Bertz CT molecular complexity index is 951. The zero-order valence-electron chi connectivity index (χ0n) is 29.1. The smallest absolute Gasteiger partial charge is 0.0871 e. The third-order valence-electron chi connectivity index (χ3n) is 8.42. The van der Waals surface area contributed by atoms with Crippen molar-refractivity contribution in [3.8, 4) is 0 Å². The van der Waals surface area contributed by atoms with Crippen molar-refractivity contribution in [3.63, 3.8) is 0 Å². The van der Waals surface area contributed by atoms with E-state index in [1.807, 2.05) is 0 Å². The van der Waals surface area contributed by atoms with Crippen molar-refractivity contribution >= 4 is 0 Å². The van der Waals surface area contributed by atoms with E-state index in [2.05, 4.69) is 133 Å². The Morgan fingerprint density at radius 1 is 0.300 bits per heavy atom. The molecule has 0 aliphatic carbocycles. The van der Waals surface area contributed by atoms with Gasteiger partial charge in [0.25, 0.3) is 0 Å². The lowest BCUT2D eigenvalue weighted by Crippen LogP contribution is -2.25. The van der Waals surface area contributed by atoms with Crippen molar-refractivity contribution in [3.05, 3.63) is 69.8 Å². The first-order valence-corrected chi connectivity index (χ1v) is 14.4. The van der Waals surface area contributed by atoms with Gasteiger partial charge in [-0.1, -0.05) is 77.9 Å². The van der Waals surface area contributed by atoms with Crippen molar-refractivity contribution in [2.24, 2.45) is 0 Å². The molecule has 0 N–H and O–H groups in total. The molecule has 0 saturated heterocycles. The summed E-state index contributed by atoms with van der Waals surface area (Å²) < 4.78 is 22.6. The van der Waals surface area contributed by atoms with E-state index in [4.69, 9.17) is 18.9 Å². The minimum Gasteiger partial charge on any atom is -0.374 e. The quantitative estimate of drug-likeness (QED) is 0.324. The standard InChI is InChI=1S/2C18H30O2/c2*1-16(2,3)13-10-14(17(4,5)19-8)12-15(11-13)18(6,7)20-9/h2*10-12H,1-9H3. The number of ether oxygens (including phenoxy) is 4. The molecule has 2 aromatic carbocycles. The van der Waals surface area contributed by atoms with E-state index in [0.29, 0.717) is 0 Å². The van der Waals surface area contributed by atoms with E-state index < -0.39 is 0 Å². The van der Waals surface area contributed by atoms with Crippen molar-refractivity contribution in [2.45, 2.75) is 130 Å². The van der Waals surface area contributed by atoms with Crippen molar-refractivity contribution in [1.82, 2.24) is 0 Å². The third-order valence-corrected chi connectivity index (χ3v) is 8.42. The lowest BCUT2D eigenvalue weighted by atomic mass is 9.80. The summed E-state index contributed by atoms with van der Waals surface area (Å²) in [5.41, 5.74) is 6.33. The van der Waals surface area contributed by atoms with Crippen LogP contribution in [0.15, 0.2) is 36.4 Å². The highest BCUT2D eigenvalue weighted by molar-refractivity contribution is 5.40. The predicted molar refractivity (Wildman–Crippen MR) is 170 cm³/mol. The normalized spacial score (nSPS) is 13.7. The fourth-order valence-electron chi connectivity index (χ4n) is 3.98. The molecule has 0 saturated carbocycles. The average Bonchev–Trinajstić information content (AvgIpc) is 2.87. The van der Waals surface area contributed by atoms with Gasteiger partial charge in [-0.2, -0.15) is 0 Å². The van der Waals surface area contributed by atoms with Crippen LogP contribution in [0.25, 0.3) is 0 Å². The Hall–Kier alpha value is -1.72. The van der Waals surface area contributed by atoms with Crippen LogP contribution in [0, 0.1) is 0 Å². The van der Waals surface area contributed by atoms with Crippen LogP contribution in [0.3, 0.4) is 0 Å². The van der Waals surface area contributed by atoms with Gasteiger partial charge in [0.05, 0.1) is 22.4 Å². The number of benzene rings is 2. The molecule has 0 spiro atoms. The van der Waals surface area contributed by atoms with Crippen LogP contribution >= 0.6 is 0 Å². The fraction of sp³-hybridized carbons (Fsp3) is 0.667. The van der Waals surface area contributed by atoms with E-state index in [1.54, 1.807) is 28.4 Å². The molecular formula is C36H60O4.